The lowest BCUT2D eigenvalue weighted by atomic mass is 9.71. The average Bonchev–Trinajstić information content (AvgIpc) is 2.88. The number of anilines is 1. The average molecular weight is 525 g/mol. The summed E-state index contributed by atoms with van der Waals surface area (Å²) in [5, 5.41) is 6.01. The van der Waals surface area contributed by atoms with Gasteiger partial charge in [-0.2, -0.15) is 0 Å². The molecule has 1 heterocycles. The summed E-state index contributed by atoms with van der Waals surface area (Å²) < 4.78 is 25.1. The standard InChI is InChI=1S/C28H26ClFN2O5/c1-36-23-13-15(12-16(29)28(23)37-14-24(35)32-18-7-3-2-6-17(18)30)25-26-19(8-4-10-21(26)33)31-20-9-5-11-22(34)27(20)25/h2-3,6-7,12-13,25,31H,4-5,8-11,14H2,1H3,(H,32,35). The summed E-state index contributed by atoms with van der Waals surface area (Å²) in [6.07, 6.45) is 3.87. The van der Waals surface area contributed by atoms with E-state index in [1.54, 1.807) is 18.2 Å². The van der Waals surface area contributed by atoms with E-state index >= 15 is 0 Å². The molecule has 0 atom stereocenters. The molecule has 2 aromatic rings. The van der Waals surface area contributed by atoms with Gasteiger partial charge in [0.15, 0.2) is 29.7 Å². The van der Waals surface area contributed by atoms with Gasteiger partial charge in [-0.1, -0.05) is 23.7 Å². The van der Waals surface area contributed by atoms with Crippen molar-refractivity contribution in [3.63, 3.8) is 0 Å². The van der Waals surface area contributed by atoms with Gasteiger partial charge in [0.2, 0.25) is 0 Å². The Kier molecular flexibility index (Phi) is 7.02. The first-order valence-electron chi connectivity index (χ1n) is 12.2. The highest BCUT2D eigenvalue weighted by atomic mass is 35.5. The van der Waals surface area contributed by atoms with Crippen LogP contribution in [0.5, 0.6) is 11.5 Å². The number of ketones is 2. The summed E-state index contributed by atoms with van der Waals surface area (Å²) in [5.41, 5.74) is 3.65. The zero-order valence-corrected chi connectivity index (χ0v) is 21.0. The van der Waals surface area contributed by atoms with E-state index in [0.29, 0.717) is 29.6 Å². The van der Waals surface area contributed by atoms with Crippen LogP contribution in [0.15, 0.2) is 58.9 Å². The number of benzene rings is 2. The third-order valence-electron chi connectivity index (χ3n) is 6.87. The number of rotatable bonds is 6. The van der Waals surface area contributed by atoms with Crippen molar-refractivity contribution in [1.82, 2.24) is 5.32 Å². The van der Waals surface area contributed by atoms with E-state index in [9.17, 15) is 18.8 Å². The molecule has 5 rings (SSSR count). The van der Waals surface area contributed by atoms with Gasteiger partial charge in [0.1, 0.15) is 5.82 Å². The van der Waals surface area contributed by atoms with E-state index < -0.39 is 24.2 Å². The van der Waals surface area contributed by atoms with Crippen LogP contribution in [0.25, 0.3) is 0 Å². The number of Topliss-reactive ketones (excluding diaryl/α,β-unsaturated/α-hetero) is 2. The Morgan fingerprint density at radius 2 is 1.70 bits per heavy atom. The summed E-state index contributed by atoms with van der Waals surface area (Å²) >= 11 is 6.61. The summed E-state index contributed by atoms with van der Waals surface area (Å²) in [5.74, 6) is -1.25. The molecule has 2 aliphatic carbocycles. The number of ether oxygens (including phenoxy) is 2. The number of hydrogen-bond donors (Lipinski definition) is 2. The fourth-order valence-electron chi connectivity index (χ4n) is 5.25. The lowest BCUT2D eigenvalue weighted by molar-refractivity contribution is -0.118. The molecule has 0 fully saturated rings. The van der Waals surface area contributed by atoms with E-state index in [2.05, 4.69) is 10.6 Å². The van der Waals surface area contributed by atoms with Gasteiger partial charge in [0.05, 0.1) is 17.8 Å². The highest BCUT2D eigenvalue weighted by Gasteiger charge is 2.40. The number of hydrogen-bond acceptors (Lipinski definition) is 6. The van der Waals surface area contributed by atoms with Gasteiger partial charge in [0.25, 0.3) is 5.91 Å². The molecule has 7 nitrogen and oxygen atoms in total. The number of allylic oxidation sites excluding steroid dienone is 4. The number of methoxy groups -OCH3 is 1. The number of dihydropyridines is 1. The molecule has 37 heavy (non-hydrogen) atoms. The van der Waals surface area contributed by atoms with Gasteiger partial charge in [0, 0.05) is 41.3 Å². The Morgan fingerprint density at radius 3 is 2.32 bits per heavy atom. The van der Waals surface area contributed by atoms with E-state index in [-0.39, 0.29) is 33.8 Å². The maximum absolute atomic E-state index is 13.9. The van der Waals surface area contributed by atoms with Crippen LogP contribution in [0.2, 0.25) is 5.02 Å². The SMILES string of the molecule is COc1cc(C2C3=C(CCCC3=O)NC3=C2C(=O)CCC3)cc(Cl)c1OCC(=O)Nc1ccccc1F. The van der Waals surface area contributed by atoms with Crippen molar-refractivity contribution in [3.05, 3.63) is 75.3 Å². The van der Waals surface area contributed by atoms with Crippen LogP contribution in [0.4, 0.5) is 10.1 Å². The smallest absolute Gasteiger partial charge is 0.262 e. The van der Waals surface area contributed by atoms with Crippen LogP contribution in [0.1, 0.15) is 50.0 Å². The van der Waals surface area contributed by atoms with E-state index in [1.165, 1.54) is 25.3 Å². The highest BCUT2D eigenvalue weighted by molar-refractivity contribution is 6.32. The molecule has 0 unspecified atom stereocenters. The minimum atomic E-state index is -0.573. The zero-order chi connectivity index (χ0) is 26.1. The normalized spacial score (nSPS) is 17.7. The summed E-state index contributed by atoms with van der Waals surface area (Å²) in [6, 6.07) is 9.17. The molecule has 0 saturated heterocycles. The van der Waals surface area contributed by atoms with Gasteiger partial charge in [-0.05, 0) is 55.5 Å². The number of carbonyl (C=O) groups excluding carboxylic acids is 3. The highest BCUT2D eigenvalue weighted by Crippen LogP contribution is 2.48. The van der Waals surface area contributed by atoms with Crippen LogP contribution in [-0.4, -0.2) is 31.2 Å². The molecular weight excluding hydrogens is 499 g/mol. The second-order valence-electron chi connectivity index (χ2n) is 9.25. The first-order valence-corrected chi connectivity index (χ1v) is 12.6. The maximum atomic E-state index is 13.9. The van der Waals surface area contributed by atoms with E-state index in [4.69, 9.17) is 21.1 Å². The topological polar surface area (TPSA) is 93.7 Å². The molecular formula is C28H26ClFN2O5. The van der Waals surface area contributed by atoms with Crippen molar-refractivity contribution in [3.8, 4) is 11.5 Å². The molecule has 0 radical (unpaired) electrons. The zero-order valence-electron chi connectivity index (χ0n) is 20.3. The van der Waals surface area contributed by atoms with Crippen molar-refractivity contribution >= 4 is 34.8 Å². The van der Waals surface area contributed by atoms with Crippen LogP contribution in [0, 0.1) is 5.82 Å². The molecule has 2 N–H and O–H groups in total. The number of halogens is 2. The Morgan fingerprint density at radius 1 is 1.05 bits per heavy atom. The minimum Gasteiger partial charge on any atom is -0.493 e. The lowest BCUT2D eigenvalue weighted by Crippen LogP contribution is -2.36. The van der Waals surface area contributed by atoms with Crippen molar-refractivity contribution in [2.24, 2.45) is 0 Å². The van der Waals surface area contributed by atoms with Crippen molar-refractivity contribution < 1.29 is 28.2 Å². The summed E-state index contributed by atoms with van der Waals surface area (Å²) in [7, 11) is 1.44. The van der Waals surface area contributed by atoms with Gasteiger partial charge in [-0.3, -0.25) is 14.4 Å². The number of carbonyl (C=O) groups is 3. The third kappa shape index (κ3) is 4.85. The van der Waals surface area contributed by atoms with E-state index in [1.807, 2.05) is 0 Å². The quantitative estimate of drug-likeness (QED) is 0.539. The third-order valence-corrected chi connectivity index (χ3v) is 7.15. The first-order chi connectivity index (χ1) is 17.9. The van der Waals surface area contributed by atoms with Gasteiger partial charge in [-0.25, -0.2) is 4.39 Å². The molecule has 0 saturated carbocycles. The fourth-order valence-corrected chi connectivity index (χ4v) is 5.52. The Bertz CT molecular complexity index is 1320. The van der Waals surface area contributed by atoms with Gasteiger partial charge < -0.3 is 20.1 Å². The van der Waals surface area contributed by atoms with Crippen molar-refractivity contribution in [1.29, 1.82) is 0 Å². The summed E-state index contributed by atoms with van der Waals surface area (Å²) in [6.45, 7) is -0.432. The van der Waals surface area contributed by atoms with E-state index in [0.717, 1.165) is 37.1 Å². The molecule has 1 amide bonds. The molecule has 0 spiro atoms. The van der Waals surface area contributed by atoms with Crippen molar-refractivity contribution in [2.45, 2.75) is 44.4 Å². The van der Waals surface area contributed by atoms with Crippen LogP contribution >= 0.6 is 11.6 Å². The Hall–Kier alpha value is -3.65. The molecule has 0 bridgehead atoms. The number of amides is 1. The molecule has 3 aliphatic rings. The van der Waals surface area contributed by atoms with Crippen LogP contribution in [0.3, 0.4) is 0 Å². The second-order valence-corrected chi connectivity index (χ2v) is 9.65. The van der Waals surface area contributed by atoms with Crippen LogP contribution < -0.4 is 20.1 Å². The van der Waals surface area contributed by atoms with Crippen LogP contribution in [-0.2, 0) is 14.4 Å². The summed E-state index contributed by atoms with van der Waals surface area (Å²) in [4.78, 5) is 38.5. The molecule has 1 aliphatic heterocycles. The predicted molar refractivity (Wildman–Crippen MR) is 136 cm³/mol. The molecule has 2 aromatic carbocycles. The lowest BCUT2D eigenvalue weighted by Gasteiger charge is -2.37. The molecule has 9 heteroatoms. The monoisotopic (exact) mass is 524 g/mol. The second kappa shape index (κ2) is 10.4. The maximum Gasteiger partial charge on any atom is 0.262 e. The molecule has 192 valence electrons. The van der Waals surface area contributed by atoms with Gasteiger partial charge in [-0.15, -0.1) is 0 Å². The fraction of sp³-hybridized carbons (Fsp3) is 0.321. The molecule has 0 aromatic heterocycles. The number of para-hydroxylation sites is 1. The number of nitrogens with one attached hydrogen (secondary N) is 2. The minimum absolute atomic E-state index is 0.0175. The first kappa shape index (κ1) is 25.0. The Balaban J connectivity index is 1.46. The largest absolute Gasteiger partial charge is 0.493 e. The Labute approximate surface area is 218 Å². The van der Waals surface area contributed by atoms with Crippen molar-refractivity contribution in [2.75, 3.05) is 19.0 Å². The van der Waals surface area contributed by atoms with Gasteiger partial charge >= 0.3 is 0 Å². The predicted octanol–water partition coefficient (Wildman–Crippen LogP) is 5.21.